The van der Waals surface area contributed by atoms with Crippen LogP contribution in [0.25, 0.3) is 0 Å². The molecule has 1 saturated heterocycles. The third-order valence-corrected chi connectivity index (χ3v) is 13.5. The minimum atomic E-state index is -3.70. The molecule has 1 atom stereocenters. The van der Waals surface area contributed by atoms with Gasteiger partial charge in [0.1, 0.15) is 0 Å². The van der Waals surface area contributed by atoms with E-state index in [-0.39, 0.29) is 18.2 Å². The molecule has 0 aromatic heterocycles. The van der Waals surface area contributed by atoms with Gasteiger partial charge in [0.2, 0.25) is 9.84 Å². The van der Waals surface area contributed by atoms with Gasteiger partial charge in [0, 0.05) is 18.1 Å². The predicted molar refractivity (Wildman–Crippen MR) is 137 cm³/mol. The highest BCUT2D eigenvalue weighted by molar-refractivity contribution is 7.92. The van der Waals surface area contributed by atoms with Crippen LogP contribution in [0, 0.1) is 6.92 Å². The Bertz CT molecular complexity index is 1070. The zero-order chi connectivity index (χ0) is 24.4. The van der Waals surface area contributed by atoms with E-state index in [2.05, 4.69) is 39.2 Å². The fourth-order valence-corrected chi connectivity index (χ4v) is 6.30. The van der Waals surface area contributed by atoms with Crippen LogP contribution in [0.15, 0.2) is 41.3 Å². The molecule has 3 rings (SSSR count). The summed E-state index contributed by atoms with van der Waals surface area (Å²) in [5, 5.41) is 3.85. The van der Waals surface area contributed by atoms with Crippen LogP contribution >= 0.6 is 11.6 Å². The largest absolute Gasteiger partial charge is 0.413 e. The van der Waals surface area contributed by atoms with Crippen molar-refractivity contribution in [2.24, 2.45) is 0 Å². The van der Waals surface area contributed by atoms with E-state index in [0.717, 1.165) is 16.7 Å². The first-order chi connectivity index (χ1) is 15.3. The minimum Gasteiger partial charge on any atom is -0.413 e. The second kappa shape index (κ2) is 10.2. The number of hydrogen-bond donors (Lipinski definition) is 1. The number of aryl methyl sites for hydroxylation is 1. The van der Waals surface area contributed by atoms with E-state index in [4.69, 9.17) is 20.8 Å². The summed E-state index contributed by atoms with van der Waals surface area (Å²) in [4.78, 5) is 0.310. The molecule has 1 unspecified atom stereocenters. The van der Waals surface area contributed by atoms with Crippen LogP contribution in [0.3, 0.4) is 0 Å². The van der Waals surface area contributed by atoms with Crippen molar-refractivity contribution in [1.82, 2.24) is 5.32 Å². The van der Waals surface area contributed by atoms with Gasteiger partial charge in [-0.3, -0.25) is 0 Å². The van der Waals surface area contributed by atoms with Crippen molar-refractivity contribution in [1.29, 1.82) is 0 Å². The molecule has 182 valence electrons. The number of rotatable bonds is 7. The predicted octanol–water partition coefficient (Wildman–Crippen LogP) is 5.48. The minimum absolute atomic E-state index is 0.0337. The molecule has 0 radical (unpaired) electrons. The summed E-state index contributed by atoms with van der Waals surface area (Å²) in [5.41, 5.74) is 2.89. The molecule has 33 heavy (non-hydrogen) atoms. The average Bonchev–Trinajstić information content (AvgIpc) is 2.75. The molecule has 0 spiro atoms. The zero-order valence-corrected chi connectivity index (χ0v) is 23.1. The highest BCUT2D eigenvalue weighted by Crippen LogP contribution is 2.38. The molecule has 1 aliphatic heterocycles. The van der Waals surface area contributed by atoms with Gasteiger partial charge in [-0.2, -0.15) is 0 Å². The third kappa shape index (κ3) is 6.27. The van der Waals surface area contributed by atoms with E-state index < -0.39 is 23.6 Å². The molecule has 1 N–H and O–H groups in total. The number of ether oxygens (including phenoxy) is 1. The summed E-state index contributed by atoms with van der Waals surface area (Å²) >= 11 is 6.03. The van der Waals surface area contributed by atoms with E-state index in [9.17, 15) is 8.42 Å². The van der Waals surface area contributed by atoms with Gasteiger partial charge in [-0.1, -0.05) is 50.6 Å². The standard InChI is InChI=1S/C25H36ClNO4SSi/c1-18-13-21(17-31-33(5,6)25(2,3)4)23(32(28,29)24-16-27-11-12-30-24)15-20(18)14-19-7-9-22(26)10-8-19/h7-10,13,15,24,27H,11-12,14,16-17H2,1-6H3. The van der Waals surface area contributed by atoms with Gasteiger partial charge >= 0.3 is 0 Å². The number of hydrogen-bond acceptors (Lipinski definition) is 5. The highest BCUT2D eigenvalue weighted by Gasteiger charge is 2.38. The molecule has 2 aromatic carbocycles. The van der Waals surface area contributed by atoms with Crippen LogP contribution in [0.5, 0.6) is 0 Å². The third-order valence-electron chi connectivity index (χ3n) is 6.77. The summed E-state index contributed by atoms with van der Waals surface area (Å²) in [5.74, 6) is 0. The summed E-state index contributed by atoms with van der Waals surface area (Å²) < 4.78 is 39.4. The average molecular weight is 510 g/mol. The maximum absolute atomic E-state index is 13.7. The highest BCUT2D eigenvalue weighted by atomic mass is 35.5. The van der Waals surface area contributed by atoms with E-state index in [1.807, 2.05) is 43.3 Å². The lowest BCUT2D eigenvalue weighted by Crippen LogP contribution is -2.43. The molecular weight excluding hydrogens is 474 g/mol. The van der Waals surface area contributed by atoms with E-state index in [1.54, 1.807) is 0 Å². The van der Waals surface area contributed by atoms with Crippen molar-refractivity contribution in [3.05, 3.63) is 63.7 Å². The Morgan fingerprint density at radius 2 is 1.82 bits per heavy atom. The molecule has 0 aliphatic carbocycles. The molecule has 1 aliphatic rings. The molecular formula is C25H36ClNO4SSi. The molecule has 0 saturated carbocycles. The second-order valence-electron chi connectivity index (χ2n) is 10.3. The number of benzene rings is 2. The fraction of sp³-hybridized carbons (Fsp3) is 0.520. The molecule has 1 fully saturated rings. The van der Waals surface area contributed by atoms with Crippen molar-refractivity contribution < 1.29 is 17.6 Å². The van der Waals surface area contributed by atoms with Gasteiger partial charge in [-0.15, -0.1) is 0 Å². The quantitative estimate of drug-likeness (QED) is 0.500. The molecule has 1 heterocycles. The lowest BCUT2D eigenvalue weighted by atomic mass is 9.98. The Morgan fingerprint density at radius 1 is 1.15 bits per heavy atom. The van der Waals surface area contributed by atoms with Crippen molar-refractivity contribution in [3.63, 3.8) is 0 Å². The molecule has 8 heteroatoms. The van der Waals surface area contributed by atoms with Gasteiger partial charge in [0.05, 0.1) is 18.1 Å². The smallest absolute Gasteiger partial charge is 0.206 e. The van der Waals surface area contributed by atoms with Crippen LogP contribution in [0.2, 0.25) is 23.2 Å². The summed E-state index contributed by atoms with van der Waals surface area (Å²) in [6.07, 6.45) is 0.624. The van der Waals surface area contributed by atoms with Crippen molar-refractivity contribution >= 4 is 29.8 Å². The summed E-state index contributed by atoms with van der Waals surface area (Å²) in [6, 6.07) is 11.4. The summed E-state index contributed by atoms with van der Waals surface area (Å²) in [7, 11) is -5.76. The van der Waals surface area contributed by atoms with Crippen molar-refractivity contribution in [2.75, 3.05) is 19.7 Å². The van der Waals surface area contributed by atoms with Gasteiger partial charge in [-0.05, 0) is 71.9 Å². The first-order valence-electron chi connectivity index (χ1n) is 11.4. The SMILES string of the molecule is Cc1cc(CO[Si](C)(C)C(C)(C)C)c(S(=O)(=O)C2CNCCO2)cc1Cc1ccc(Cl)cc1. The second-order valence-corrected chi connectivity index (χ2v) is 17.6. The lowest BCUT2D eigenvalue weighted by Gasteiger charge is -2.36. The van der Waals surface area contributed by atoms with E-state index in [0.29, 0.717) is 35.1 Å². The fourth-order valence-electron chi connectivity index (χ4n) is 3.54. The zero-order valence-electron chi connectivity index (χ0n) is 20.5. The number of nitrogens with one attached hydrogen (secondary N) is 1. The molecule has 0 amide bonds. The molecule has 2 aromatic rings. The van der Waals surface area contributed by atoms with Gasteiger partial charge in [0.15, 0.2) is 13.8 Å². The van der Waals surface area contributed by atoms with Crippen LogP contribution in [-0.4, -0.2) is 41.9 Å². The van der Waals surface area contributed by atoms with Crippen LogP contribution in [0.4, 0.5) is 0 Å². The Labute approximate surface area is 204 Å². The Hall–Kier alpha value is -1.22. The van der Waals surface area contributed by atoms with E-state index >= 15 is 0 Å². The monoisotopic (exact) mass is 509 g/mol. The number of halogens is 1. The molecule has 5 nitrogen and oxygen atoms in total. The Kier molecular flexibility index (Phi) is 8.14. The maximum atomic E-state index is 13.7. The number of morpholine rings is 1. The van der Waals surface area contributed by atoms with Gasteiger partial charge in [-0.25, -0.2) is 8.42 Å². The molecule has 0 bridgehead atoms. The van der Waals surface area contributed by atoms with Gasteiger partial charge in [0.25, 0.3) is 0 Å². The van der Waals surface area contributed by atoms with Crippen LogP contribution in [-0.2, 0) is 32.0 Å². The van der Waals surface area contributed by atoms with Crippen molar-refractivity contribution in [2.45, 2.75) is 69.2 Å². The first kappa shape index (κ1) is 26.4. The lowest BCUT2D eigenvalue weighted by molar-refractivity contribution is 0.0784. The Balaban J connectivity index is 2.02. The van der Waals surface area contributed by atoms with Crippen LogP contribution < -0.4 is 5.32 Å². The Morgan fingerprint density at radius 3 is 2.39 bits per heavy atom. The normalized spacial score (nSPS) is 17.8. The first-order valence-corrected chi connectivity index (χ1v) is 16.2. The van der Waals surface area contributed by atoms with E-state index in [1.165, 1.54) is 0 Å². The topological polar surface area (TPSA) is 64.6 Å². The van der Waals surface area contributed by atoms with Crippen LogP contribution in [0.1, 0.15) is 43.0 Å². The summed E-state index contributed by atoms with van der Waals surface area (Å²) in [6.45, 7) is 14.5. The maximum Gasteiger partial charge on any atom is 0.206 e. The van der Waals surface area contributed by atoms with Crippen molar-refractivity contribution in [3.8, 4) is 0 Å². The van der Waals surface area contributed by atoms with Gasteiger partial charge < -0.3 is 14.5 Å². The number of sulfone groups is 1.